The van der Waals surface area contributed by atoms with Gasteiger partial charge in [0.1, 0.15) is 6.42 Å². The highest BCUT2D eigenvalue weighted by atomic mass is 32.2. The van der Waals surface area contributed by atoms with Crippen molar-refractivity contribution >= 4 is 33.1 Å². The van der Waals surface area contributed by atoms with Gasteiger partial charge >= 0.3 is 0 Å². The summed E-state index contributed by atoms with van der Waals surface area (Å²) in [4.78, 5) is 34.9. The van der Waals surface area contributed by atoms with E-state index in [1.807, 2.05) is 0 Å². The number of nitrogens with one attached hydrogen (secondary N) is 2. The zero-order chi connectivity index (χ0) is 17.0. The molecule has 1 atom stereocenters. The summed E-state index contributed by atoms with van der Waals surface area (Å²) in [6, 6.07) is 5.98. The Morgan fingerprint density at radius 3 is 2.57 bits per heavy atom. The van der Waals surface area contributed by atoms with Gasteiger partial charge in [-0.3, -0.25) is 14.4 Å². The van der Waals surface area contributed by atoms with Crippen molar-refractivity contribution in [3.05, 3.63) is 29.8 Å². The van der Waals surface area contributed by atoms with Crippen molar-refractivity contribution in [2.24, 2.45) is 0 Å². The number of carbonyl (C=O) groups excluding carboxylic acids is 3. The molecule has 0 spiro atoms. The van der Waals surface area contributed by atoms with Crippen LogP contribution in [0.25, 0.3) is 0 Å². The quantitative estimate of drug-likeness (QED) is 0.601. The van der Waals surface area contributed by atoms with Crippen molar-refractivity contribution in [2.75, 3.05) is 16.8 Å². The second kappa shape index (κ2) is 6.91. The highest BCUT2D eigenvalue weighted by Gasteiger charge is 2.29. The fourth-order valence-electron chi connectivity index (χ4n) is 2.35. The van der Waals surface area contributed by atoms with E-state index in [0.717, 1.165) is 0 Å². The smallest absolute Gasteiger partial charge is 0.233 e. The maximum absolute atomic E-state index is 11.8. The summed E-state index contributed by atoms with van der Waals surface area (Å²) in [5.74, 6) is -1.19. The summed E-state index contributed by atoms with van der Waals surface area (Å²) in [7, 11) is -3.08. The van der Waals surface area contributed by atoms with Gasteiger partial charge in [0.25, 0.3) is 0 Å². The summed E-state index contributed by atoms with van der Waals surface area (Å²) >= 11 is 0. The topological polar surface area (TPSA) is 109 Å². The number of Topliss-reactive ketones (excluding diaryl/α,β-unsaturated/α-hetero) is 1. The molecule has 7 nitrogen and oxygen atoms in total. The van der Waals surface area contributed by atoms with Crippen LogP contribution in [-0.4, -0.2) is 43.6 Å². The molecule has 1 heterocycles. The standard InChI is InChI=1S/C15H18N2O5S/c1-10(18)11-3-2-4-12(7-11)16-14(19)8-15(20)17-13-5-6-23(21,22)9-13/h2-4,7,13H,5-6,8-9H2,1H3,(H,16,19)(H,17,20). The number of anilines is 1. The van der Waals surface area contributed by atoms with E-state index in [1.54, 1.807) is 18.2 Å². The Morgan fingerprint density at radius 1 is 1.22 bits per heavy atom. The third-order valence-corrected chi connectivity index (χ3v) is 5.24. The first-order chi connectivity index (χ1) is 10.7. The summed E-state index contributed by atoms with van der Waals surface area (Å²) in [6.45, 7) is 1.42. The number of carbonyl (C=O) groups is 3. The minimum atomic E-state index is -3.08. The van der Waals surface area contributed by atoms with Crippen LogP contribution in [0.1, 0.15) is 30.1 Å². The Kier molecular flexibility index (Phi) is 5.15. The number of amides is 2. The monoisotopic (exact) mass is 338 g/mol. The highest BCUT2D eigenvalue weighted by molar-refractivity contribution is 7.91. The van der Waals surface area contributed by atoms with Crippen molar-refractivity contribution in [1.29, 1.82) is 0 Å². The van der Waals surface area contributed by atoms with E-state index in [0.29, 0.717) is 17.7 Å². The van der Waals surface area contributed by atoms with Crippen LogP contribution in [0.4, 0.5) is 5.69 Å². The molecule has 1 fully saturated rings. The molecule has 0 bridgehead atoms. The molecule has 8 heteroatoms. The molecule has 1 aliphatic rings. The van der Waals surface area contributed by atoms with Crippen molar-refractivity contribution in [3.63, 3.8) is 0 Å². The minimum Gasteiger partial charge on any atom is -0.352 e. The van der Waals surface area contributed by atoms with Crippen LogP contribution < -0.4 is 10.6 Å². The average Bonchev–Trinajstić information content (AvgIpc) is 2.77. The highest BCUT2D eigenvalue weighted by Crippen LogP contribution is 2.13. The Morgan fingerprint density at radius 2 is 1.96 bits per heavy atom. The van der Waals surface area contributed by atoms with Gasteiger partial charge in [0.2, 0.25) is 11.8 Å². The summed E-state index contributed by atoms with van der Waals surface area (Å²) < 4.78 is 22.6. The lowest BCUT2D eigenvalue weighted by Crippen LogP contribution is -2.37. The van der Waals surface area contributed by atoms with E-state index >= 15 is 0 Å². The first-order valence-corrected chi connectivity index (χ1v) is 8.98. The number of hydrogen-bond donors (Lipinski definition) is 2. The molecule has 2 N–H and O–H groups in total. The van der Waals surface area contributed by atoms with E-state index in [1.165, 1.54) is 13.0 Å². The van der Waals surface area contributed by atoms with Gasteiger partial charge in [0.15, 0.2) is 15.6 Å². The van der Waals surface area contributed by atoms with Crippen LogP contribution in [0.2, 0.25) is 0 Å². The Hall–Kier alpha value is -2.22. The number of ketones is 1. The molecule has 0 radical (unpaired) electrons. The molecular weight excluding hydrogens is 320 g/mol. The Bertz CT molecular complexity index is 742. The Balaban J connectivity index is 1.86. The van der Waals surface area contributed by atoms with Crippen LogP contribution in [0.3, 0.4) is 0 Å². The lowest BCUT2D eigenvalue weighted by molar-refractivity contribution is -0.127. The van der Waals surface area contributed by atoms with Gasteiger partial charge < -0.3 is 10.6 Å². The molecule has 1 unspecified atom stereocenters. The summed E-state index contributed by atoms with van der Waals surface area (Å²) in [5, 5.41) is 5.09. The van der Waals surface area contributed by atoms with E-state index < -0.39 is 34.1 Å². The average molecular weight is 338 g/mol. The van der Waals surface area contributed by atoms with Crippen LogP contribution >= 0.6 is 0 Å². The minimum absolute atomic E-state index is 0.0575. The zero-order valence-electron chi connectivity index (χ0n) is 12.7. The van der Waals surface area contributed by atoms with Gasteiger partial charge in [-0.15, -0.1) is 0 Å². The van der Waals surface area contributed by atoms with Crippen molar-refractivity contribution < 1.29 is 22.8 Å². The molecule has 1 aliphatic heterocycles. The lowest BCUT2D eigenvalue weighted by atomic mass is 10.1. The molecule has 1 aromatic rings. The van der Waals surface area contributed by atoms with Gasteiger partial charge in [-0.05, 0) is 25.5 Å². The molecule has 0 aromatic heterocycles. The molecule has 0 aliphatic carbocycles. The van der Waals surface area contributed by atoms with Crippen molar-refractivity contribution in [3.8, 4) is 0 Å². The van der Waals surface area contributed by atoms with Crippen molar-refractivity contribution in [1.82, 2.24) is 5.32 Å². The normalized spacial score (nSPS) is 19.1. The molecule has 1 saturated heterocycles. The molecule has 0 saturated carbocycles. The fourth-order valence-corrected chi connectivity index (χ4v) is 4.03. The van der Waals surface area contributed by atoms with Gasteiger partial charge in [0.05, 0.1) is 11.5 Å². The SMILES string of the molecule is CC(=O)c1cccc(NC(=O)CC(=O)NC2CCS(=O)(=O)C2)c1. The molecule has 23 heavy (non-hydrogen) atoms. The summed E-state index contributed by atoms with van der Waals surface area (Å²) in [6.07, 6.45) is -0.0306. The largest absolute Gasteiger partial charge is 0.352 e. The van der Waals surface area contributed by atoms with Crippen LogP contribution in [0.15, 0.2) is 24.3 Å². The van der Waals surface area contributed by atoms with Gasteiger partial charge in [-0.25, -0.2) is 8.42 Å². The van der Waals surface area contributed by atoms with Gasteiger partial charge in [-0.1, -0.05) is 12.1 Å². The van der Waals surface area contributed by atoms with Crippen LogP contribution in [0, 0.1) is 0 Å². The molecular formula is C15H18N2O5S. The van der Waals surface area contributed by atoms with E-state index in [9.17, 15) is 22.8 Å². The first-order valence-electron chi connectivity index (χ1n) is 7.16. The number of sulfone groups is 1. The number of hydrogen-bond acceptors (Lipinski definition) is 5. The van der Waals surface area contributed by atoms with E-state index in [-0.39, 0.29) is 17.3 Å². The number of rotatable bonds is 5. The third kappa shape index (κ3) is 5.17. The molecule has 2 rings (SSSR count). The predicted octanol–water partition coefficient (Wildman–Crippen LogP) is 0.521. The second-order valence-electron chi connectivity index (χ2n) is 5.53. The lowest BCUT2D eigenvalue weighted by Gasteiger charge is -2.11. The first kappa shape index (κ1) is 17.1. The fraction of sp³-hybridized carbons (Fsp3) is 0.400. The molecule has 2 amide bonds. The van der Waals surface area contributed by atoms with Crippen LogP contribution in [-0.2, 0) is 19.4 Å². The third-order valence-electron chi connectivity index (χ3n) is 3.47. The van der Waals surface area contributed by atoms with E-state index in [4.69, 9.17) is 0 Å². The van der Waals surface area contributed by atoms with Crippen molar-refractivity contribution in [2.45, 2.75) is 25.8 Å². The van der Waals surface area contributed by atoms with Gasteiger partial charge in [0, 0.05) is 17.3 Å². The van der Waals surface area contributed by atoms with E-state index in [2.05, 4.69) is 10.6 Å². The molecule has 1 aromatic carbocycles. The van der Waals surface area contributed by atoms with Gasteiger partial charge in [-0.2, -0.15) is 0 Å². The maximum atomic E-state index is 11.8. The predicted molar refractivity (Wildman–Crippen MR) is 84.9 cm³/mol. The second-order valence-corrected chi connectivity index (χ2v) is 7.76. The van der Waals surface area contributed by atoms with Crippen LogP contribution in [0.5, 0.6) is 0 Å². The summed E-state index contributed by atoms with van der Waals surface area (Å²) in [5.41, 5.74) is 0.891. The zero-order valence-corrected chi connectivity index (χ0v) is 13.5. The maximum Gasteiger partial charge on any atom is 0.233 e. The molecule has 124 valence electrons. The number of benzene rings is 1. The Labute approximate surface area is 134 Å².